The van der Waals surface area contributed by atoms with Gasteiger partial charge in [0.15, 0.2) is 0 Å². The fraction of sp³-hybridized carbons (Fsp3) is 0.240. The van der Waals surface area contributed by atoms with Crippen molar-refractivity contribution in [1.82, 2.24) is 4.90 Å². The molecule has 1 amide bonds. The Hall–Kier alpha value is -3.71. The Morgan fingerprint density at radius 1 is 0.844 bits per heavy atom. The van der Waals surface area contributed by atoms with Gasteiger partial charge in [0.2, 0.25) is 5.91 Å². The lowest BCUT2D eigenvalue weighted by atomic mass is 10.0. The largest absolute Gasteiger partial charge is 0.362 e. The number of para-hydroxylation sites is 2. The molecule has 3 aromatic carbocycles. The Kier molecular flexibility index (Phi) is 6.77. The van der Waals surface area contributed by atoms with Crippen molar-refractivity contribution < 1.29 is 14.5 Å². The minimum Gasteiger partial charge on any atom is -0.362 e. The lowest BCUT2D eigenvalue weighted by Gasteiger charge is -2.36. The zero-order chi connectivity index (χ0) is 22.3. The zero-order valence-corrected chi connectivity index (χ0v) is 17.7. The Balaban J connectivity index is 1.38. The van der Waals surface area contributed by atoms with E-state index in [9.17, 15) is 14.9 Å². The lowest BCUT2D eigenvalue weighted by Crippen LogP contribution is -2.50. The fourth-order valence-electron chi connectivity index (χ4n) is 3.97. The molecule has 0 radical (unpaired) electrons. The Labute approximate surface area is 187 Å². The number of piperazine rings is 1. The third-order valence-corrected chi connectivity index (χ3v) is 5.63. The monoisotopic (exact) mass is 431 g/mol. The molecule has 1 heterocycles. The molecule has 164 valence electrons. The molecule has 0 saturated carbocycles. The van der Waals surface area contributed by atoms with Gasteiger partial charge in [-0.05, 0) is 17.2 Å². The molecule has 0 bridgehead atoms. The van der Waals surface area contributed by atoms with Gasteiger partial charge in [-0.25, -0.2) is 0 Å². The smallest absolute Gasteiger partial charge is 0.292 e. The highest BCUT2D eigenvalue weighted by Gasteiger charge is 2.26. The number of nitro benzene ring substituents is 1. The topological polar surface area (TPSA) is 75.9 Å². The number of amides is 1. The van der Waals surface area contributed by atoms with E-state index in [0.29, 0.717) is 31.9 Å². The molecule has 1 aliphatic rings. The van der Waals surface area contributed by atoms with Crippen LogP contribution in [0.5, 0.6) is 0 Å². The van der Waals surface area contributed by atoms with Crippen molar-refractivity contribution >= 4 is 17.3 Å². The quantitative estimate of drug-likeness (QED) is 0.417. The van der Waals surface area contributed by atoms with Gasteiger partial charge in [-0.1, -0.05) is 72.8 Å². The number of carbonyl (C=O) groups is 1. The summed E-state index contributed by atoms with van der Waals surface area (Å²) in [5.41, 5.74) is 2.67. The molecule has 0 aromatic heterocycles. The first kappa shape index (κ1) is 21.5. The highest BCUT2D eigenvalue weighted by molar-refractivity contribution is 5.78. The van der Waals surface area contributed by atoms with E-state index in [4.69, 9.17) is 4.74 Å². The number of nitro groups is 1. The van der Waals surface area contributed by atoms with Gasteiger partial charge < -0.3 is 14.5 Å². The van der Waals surface area contributed by atoms with E-state index in [1.165, 1.54) is 6.07 Å². The Morgan fingerprint density at radius 2 is 1.38 bits per heavy atom. The highest BCUT2D eigenvalue weighted by Crippen LogP contribution is 2.29. The summed E-state index contributed by atoms with van der Waals surface area (Å²) in [4.78, 5) is 27.5. The molecule has 7 heteroatoms. The molecule has 7 nitrogen and oxygen atoms in total. The molecule has 0 N–H and O–H groups in total. The number of hydrogen-bond acceptors (Lipinski definition) is 5. The summed E-state index contributed by atoms with van der Waals surface area (Å²) < 4.78 is 6.10. The molecular formula is C25H25N3O4. The second kappa shape index (κ2) is 10.1. The van der Waals surface area contributed by atoms with E-state index < -0.39 is 0 Å². The lowest BCUT2D eigenvalue weighted by molar-refractivity contribution is -0.384. The Morgan fingerprint density at radius 3 is 1.94 bits per heavy atom. The predicted molar refractivity (Wildman–Crippen MR) is 123 cm³/mol. The predicted octanol–water partition coefficient (Wildman–Crippen LogP) is 4.05. The van der Waals surface area contributed by atoms with Gasteiger partial charge in [0.1, 0.15) is 18.4 Å². The maximum Gasteiger partial charge on any atom is 0.292 e. The van der Waals surface area contributed by atoms with Crippen LogP contribution in [-0.2, 0) is 9.53 Å². The molecule has 0 atom stereocenters. The van der Waals surface area contributed by atoms with Crippen molar-refractivity contribution in [2.24, 2.45) is 0 Å². The summed E-state index contributed by atoms with van der Waals surface area (Å²) in [6, 6.07) is 26.4. The summed E-state index contributed by atoms with van der Waals surface area (Å²) in [6.07, 6.45) is -0.324. The molecule has 0 spiro atoms. The van der Waals surface area contributed by atoms with Crippen molar-refractivity contribution in [2.75, 3.05) is 37.7 Å². The van der Waals surface area contributed by atoms with Crippen LogP contribution in [0.15, 0.2) is 84.9 Å². The van der Waals surface area contributed by atoms with E-state index in [2.05, 4.69) is 0 Å². The van der Waals surface area contributed by atoms with E-state index in [1.807, 2.05) is 65.6 Å². The van der Waals surface area contributed by atoms with E-state index in [0.717, 1.165) is 11.1 Å². The van der Waals surface area contributed by atoms with Gasteiger partial charge in [-0.2, -0.15) is 0 Å². The second-order valence-corrected chi connectivity index (χ2v) is 7.63. The van der Waals surface area contributed by atoms with Crippen molar-refractivity contribution in [2.45, 2.75) is 6.10 Å². The maximum atomic E-state index is 12.9. The van der Waals surface area contributed by atoms with Crippen molar-refractivity contribution in [3.05, 3.63) is 106 Å². The number of nitrogens with zero attached hydrogens (tertiary/aromatic N) is 3. The number of rotatable bonds is 7. The van der Waals surface area contributed by atoms with Crippen LogP contribution in [0.4, 0.5) is 11.4 Å². The van der Waals surface area contributed by atoms with Gasteiger partial charge in [0.25, 0.3) is 5.69 Å². The van der Waals surface area contributed by atoms with Crippen LogP contribution in [-0.4, -0.2) is 48.5 Å². The number of ether oxygens (including phenoxy) is 1. The van der Waals surface area contributed by atoms with E-state index in [-0.39, 0.29) is 29.2 Å². The summed E-state index contributed by atoms with van der Waals surface area (Å²) in [7, 11) is 0. The van der Waals surface area contributed by atoms with Crippen LogP contribution in [0.1, 0.15) is 17.2 Å². The summed E-state index contributed by atoms with van der Waals surface area (Å²) >= 11 is 0. The molecule has 1 fully saturated rings. The molecular weight excluding hydrogens is 406 g/mol. The third kappa shape index (κ3) is 4.95. The SMILES string of the molecule is O=C(COC(c1ccccc1)c1ccccc1)N1CCN(c2ccccc2[N+](=O)[O-])CC1. The zero-order valence-electron chi connectivity index (χ0n) is 17.7. The number of carbonyl (C=O) groups excluding carboxylic acids is 1. The van der Waals surface area contributed by atoms with Gasteiger partial charge in [-0.3, -0.25) is 14.9 Å². The van der Waals surface area contributed by atoms with Crippen molar-refractivity contribution in [1.29, 1.82) is 0 Å². The number of benzene rings is 3. The molecule has 1 aliphatic heterocycles. The summed E-state index contributed by atoms with van der Waals surface area (Å²) in [6.45, 7) is 2.04. The minimum atomic E-state index is -0.367. The molecule has 1 saturated heterocycles. The maximum absolute atomic E-state index is 12.9. The summed E-state index contributed by atoms with van der Waals surface area (Å²) in [5, 5.41) is 11.3. The standard InChI is InChI=1S/C25H25N3O4/c29-24(19-32-25(20-9-3-1-4-10-20)21-11-5-2-6-12-21)27-17-15-26(16-18-27)22-13-7-8-14-23(22)28(30)31/h1-14,25H,15-19H2. The molecule has 3 aromatic rings. The van der Waals surface area contributed by atoms with Gasteiger partial charge in [0.05, 0.1) is 4.92 Å². The molecule has 32 heavy (non-hydrogen) atoms. The first-order chi connectivity index (χ1) is 15.6. The summed E-state index contributed by atoms with van der Waals surface area (Å²) in [5.74, 6) is -0.0796. The van der Waals surface area contributed by atoms with Crippen LogP contribution in [0.3, 0.4) is 0 Å². The normalized spacial score (nSPS) is 13.9. The highest BCUT2D eigenvalue weighted by atomic mass is 16.6. The number of anilines is 1. The Bertz CT molecular complexity index is 1010. The van der Waals surface area contributed by atoms with Gasteiger partial charge in [-0.15, -0.1) is 0 Å². The molecule has 0 aliphatic carbocycles. The van der Waals surface area contributed by atoms with Crippen molar-refractivity contribution in [3.63, 3.8) is 0 Å². The van der Waals surface area contributed by atoms with Crippen LogP contribution in [0.2, 0.25) is 0 Å². The first-order valence-electron chi connectivity index (χ1n) is 10.6. The van der Waals surface area contributed by atoms with Crippen molar-refractivity contribution in [3.8, 4) is 0 Å². The van der Waals surface area contributed by atoms with Gasteiger partial charge >= 0.3 is 0 Å². The fourth-order valence-corrected chi connectivity index (χ4v) is 3.97. The molecule has 4 rings (SSSR count). The van der Waals surface area contributed by atoms with E-state index >= 15 is 0 Å². The van der Waals surface area contributed by atoms with Gasteiger partial charge in [0, 0.05) is 32.2 Å². The average molecular weight is 431 g/mol. The second-order valence-electron chi connectivity index (χ2n) is 7.63. The van der Waals surface area contributed by atoms with E-state index in [1.54, 1.807) is 23.1 Å². The molecule has 0 unspecified atom stereocenters. The third-order valence-electron chi connectivity index (χ3n) is 5.63. The van der Waals surface area contributed by atoms with Crippen LogP contribution in [0, 0.1) is 10.1 Å². The number of hydrogen-bond donors (Lipinski definition) is 0. The van der Waals surface area contributed by atoms with Crippen LogP contribution in [0.25, 0.3) is 0 Å². The first-order valence-corrected chi connectivity index (χ1v) is 10.6. The van der Waals surface area contributed by atoms with Crippen LogP contribution >= 0.6 is 0 Å². The van der Waals surface area contributed by atoms with Crippen LogP contribution < -0.4 is 4.90 Å². The average Bonchev–Trinajstić information content (AvgIpc) is 2.85. The minimum absolute atomic E-state index is 0.0278.